The first-order valence-electron chi connectivity index (χ1n) is 9.73. The summed E-state index contributed by atoms with van der Waals surface area (Å²) in [5.74, 6) is -1.36. The Labute approximate surface area is 168 Å². The van der Waals surface area contributed by atoms with Crippen molar-refractivity contribution in [2.45, 2.75) is 25.8 Å². The normalized spacial score (nSPS) is 18.6. The number of amides is 3. The Morgan fingerprint density at radius 1 is 1.03 bits per heavy atom. The number of anilines is 2. The monoisotopic (exact) mass is 395 g/mol. The SMILES string of the molecule is O=C(NCc1cccc(NC(=O)C2CC2)c1)C1CC(=O)N(c2ccccc2F)C1. The number of rotatable bonds is 6. The third-order valence-corrected chi connectivity index (χ3v) is 5.25. The van der Waals surface area contributed by atoms with Gasteiger partial charge in [-0.3, -0.25) is 14.4 Å². The van der Waals surface area contributed by atoms with Crippen molar-refractivity contribution in [1.29, 1.82) is 0 Å². The van der Waals surface area contributed by atoms with Gasteiger partial charge in [0.2, 0.25) is 17.7 Å². The second kappa shape index (κ2) is 8.03. The van der Waals surface area contributed by atoms with Crippen LogP contribution in [0.3, 0.4) is 0 Å². The van der Waals surface area contributed by atoms with E-state index in [1.807, 2.05) is 24.3 Å². The molecule has 7 heteroatoms. The average molecular weight is 395 g/mol. The van der Waals surface area contributed by atoms with Crippen LogP contribution < -0.4 is 15.5 Å². The Morgan fingerprint density at radius 2 is 1.83 bits per heavy atom. The summed E-state index contributed by atoms with van der Waals surface area (Å²) in [5, 5.41) is 5.72. The first-order valence-corrected chi connectivity index (χ1v) is 9.73. The molecule has 1 aliphatic heterocycles. The average Bonchev–Trinajstić information content (AvgIpc) is 3.49. The number of hydrogen-bond acceptors (Lipinski definition) is 3. The Hall–Kier alpha value is -3.22. The van der Waals surface area contributed by atoms with Gasteiger partial charge in [0.15, 0.2) is 0 Å². The Bertz CT molecular complexity index is 958. The highest BCUT2D eigenvalue weighted by Gasteiger charge is 2.36. The molecule has 0 aromatic heterocycles. The standard InChI is InChI=1S/C22H22FN3O3/c23-18-6-1-2-7-19(18)26-13-16(11-20(26)27)21(28)24-12-14-4-3-5-17(10-14)25-22(29)15-8-9-15/h1-7,10,15-16H,8-9,11-13H2,(H,24,28)(H,25,29). The van der Waals surface area contributed by atoms with Gasteiger partial charge >= 0.3 is 0 Å². The summed E-state index contributed by atoms with van der Waals surface area (Å²) < 4.78 is 14.0. The van der Waals surface area contributed by atoms with Crippen LogP contribution in [-0.4, -0.2) is 24.3 Å². The fraction of sp³-hybridized carbons (Fsp3) is 0.318. The van der Waals surface area contributed by atoms with Crippen molar-refractivity contribution in [3.05, 3.63) is 59.9 Å². The van der Waals surface area contributed by atoms with E-state index in [0.717, 1.165) is 18.4 Å². The van der Waals surface area contributed by atoms with E-state index in [1.165, 1.54) is 17.0 Å². The summed E-state index contributed by atoms with van der Waals surface area (Å²) in [5.41, 5.74) is 1.75. The molecule has 0 spiro atoms. The van der Waals surface area contributed by atoms with E-state index in [9.17, 15) is 18.8 Å². The van der Waals surface area contributed by atoms with E-state index in [1.54, 1.807) is 12.1 Å². The Kier molecular flexibility index (Phi) is 5.29. The zero-order chi connectivity index (χ0) is 20.4. The van der Waals surface area contributed by atoms with Crippen LogP contribution in [0.25, 0.3) is 0 Å². The third kappa shape index (κ3) is 4.45. The summed E-state index contributed by atoms with van der Waals surface area (Å²) in [4.78, 5) is 38.0. The van der Waals surface area contributed by atoms with Crippen LogP contribution in [0.4, 0.5) is 15.8 Å². The van der Waals surface area contributed by atoms with Crippen LogP contribution in [0.5, 0.6) is 0 Å². The largest absolute Gasteiger partial charge is 0.352 e. The molecule has 1 saturated carbocycles. The molecule has 29 heavy (non-hydrogen) atoms. The highest BCUT2D eigenvalue weighted by Crippen LogP contribution is 2.30. The molecule has 2 aromatic carbocycles. The van der Waals surface area contributed by atoms with Crippen LogP contribution in [0.15, 0.2) is 48.5 Å². The topological polar surface area (TPSA) is 78.5 Å². The number of nitrogens with zero attached hydrogens (tertiary/aromatic N) is 1. The zero-order valence-corrected chi connectivity index (χ0v) is 15.9. The quantitative estimate of drug-likeness (QED) is 0.790. The molecule has 3 amide bonds. The molecule has 2 aromatic rings. The predicted molar refractivity (Wildman–Crippen MR) is 107 cm³/mol. The number of benzene rings is 2. The molecule has 150 valence electrons. The maximum Gasteiger partial charge on any atom is 0.227 e. The van der Waals surface area contributed by atoms with Crippen LogP contribution in [0, 0.1) is 17.7 Å². The third-order valence-electron chi connectivity index (χ3n) is 5.25. The molecule has 1 atom stereocenters. The van der Waals surface area contributed by atoms with Gasteiger partial charge < -0.3 is 15.5 Å². The van der Waals surface area contributed by atoms with E-state index < -0.39 is 11.7 Å². The minimum Gasteiger partial charge on any atom is -0.352 e. The highest BCUT2D eigenvalue weighted by atomic mass is 19.1. The molecular weight excluding hydrogens is 373 g/mol. The first-order chi connectivity index (χ1) is 14.0. The van der Waals surface area contributed by atoms with Gasteiger partial charge in [0, 0.05) is 31.1 Å². The van der Waals surface area contributed by atoms with Gasteiger partial charge in [0.05, 0.1) is 11.6 Å². The van der Waals surface area contributed by atoms with Crippen molar-refractivity contribution in [2.24, 2.45) is 11.8 Å². The van der Waals surface area contributed by atoms with E-state index in [-0.39, 0.29) is 48.8 Å². The molecule has 1 unspecified atom stereocenters. The predicted octanol–water partition coefficient (Wildman–Crippen LogP) is 2.84. The summed E-state index contributed by atoms with van der Waals surface area (Å²) in [7, 11) is 0. The van der Waals surface area contributed by atoms with Crippen LogP contribution in [0.1, 0.15) is 24.8 Å². The highest BCUT2D eigenvalue weighted by molar-refractivity contribution is 6.00. The minimum absolute atomic E-state index is 0.0314. The molecule has 1 saturated heterocycles. The second-order valence-electron chi connectivity index (χ2n) is 7.54. The van der Waals surface area contributed by atoms with Crippen molar-refractivity contribution < 1.29 is 18.8 Å². The molecule has 2 aliphatic rings. The van der Waals surface area contributed by atoms with Crippen LogP contribution >= 0.6 is 0 Å². The lowest BCUT2D eigenvalue weighted by molar-refractivity contribution is -0.126. The van der Waals surface area contributed by atoms with Crippen LogP contribution in [0.2, 0.25) is 0 Å². The Balaban J connectivity index is 1.34. The number of halogens is 1. The molecule has 0 bridgehead atoms. The van der Waals surface area contributed by atoms with Gasteiger partial charge in [0.25, 0.3) is 0 Å². The van der Waals surface area contributed by atoms with Gasteiger partial charge in [-0.2, -0.15) is 0 Å². The Morgan fingerprint density at radius 3 is 2.59 bits per heavy atom. The summed E-state index contributed by atoms with van der Waals surface area (Å²) in [6.45, 7) is 0.444. The van der Waals surface area contributed by atoms with Crippen molar-refractivity contribution in [1.82, 2.24) is 5.32 Å². The molecular formula is C22H22FN3O3. The summed E-state index contributed by atoms with van der Waals surface area (Å²) in [6.07, 6.45) is 1.93. The molecule has 2 fully saturated rings. The molecule has 6 nitrogen and oxygen atoms in total. The van der Waals surface area contributed by atoms with Crippen molar-refractivity contribution in [2.75, 3.05) is 16.8 Å². The van der Waals surface area contributed by atoms with Gasteiger partial charge in [-0.15, -0.1) is 0 Å². The number of para-hydroxylation sites is 1. The van der Waals surface area contributed by atoms with Crippen molar-refractivity contribution >= 4 is 29.1 Å². The zero-order valence-electron chi connectivity index (χ0n) is 15.9. The fourth-order valence-electron chi connectivity index (χ4n) is 3.47. The summed E-state index contributed by atoms with van der Waals surface area (Å²) in [6, 6.07) is 13.4. The van der Waals surface area contributed by atoms with E-state index in [0.29, 0.717) is 5.69 Å². The molecule has 1 heterocycles. The number of carbonyl (C=O) groups is 3. The van der Waals surface area contributed by atoms with Crippen molar-refractivity contribution in [3.63, 3.8) is 0 Å². The maximum absolute atomic E-state index is 14.0. The molecule has 2 N–H and O–H groups in total. The lowest BCUT2D eigenvalue weighted by Crippen LogP contribution is -2.32. The smallest absolute Gasteiger partial charge is 0.227 e. The molecule has 1 aliphatic carbocycles. The van der Waals surface area contributed by atoms with Gasteiger partial charge in [-0.1, -0.05) is 24.3 Å². The van der Waals surface area contributed by atoms with Gasteiger partial charge in [-0.25, -0.2) is 4.39 Å². The molecule has 4 rings (SSSR count). The lowest BCUT2D eigenvalue weighted by Gasteiger charge is -2.17. The van der Waals surface area contributed by atoms with Crippen molar-refractivity contribution in [3.8, 4) is 0 Å². The van der Waals surface area contributed by atoms with Gasteiger partial charge in [-0.05, 0) is 42.7 Å². The fourth-order valence-corrected chi connectivity index (χ4v) is 3.47. The first kappa shape index (κ1) is 19.1. The number of hydrogen-bond donors (Lipinski definition) is 2. The maximum atomic E-state index is 14.0. The molecule has 0 radical (unpaired) electrons. The van der Waals surface area contributed by atoms with E-state index >= 15 is 0 Å². The van der Waals surface area contributed by atoms with E-state index in [4.69, 9.17) is 0 Å². The minimum atomic E-state index is -0.528. The van der Waals surface area contributed by atoms with E-state index in [2.05, 4.69) is 10.6 Å². The van der Waals surface area contributed by atoms with Crippen LogP contribution in [-0.2, 0) is 20.9 Å². The second-order valence-corrected chi connectivity index (χ2v) is 7.54. The van der Waals surface area contributed by atoms with Gasteiger partial charge in [0.1, 0.15) is 5.82 Å². The lowest BCUT2D eigenvalue weighted by atomic mass is 10.1. The number of nitrogens with one attached hydrogen (secondary N) is 2. The summed E-state index contributed by atoms with van der Waals surface area (Å²) >= 11 is 0. The number of carbonyl (C=O) groups excluding carboxylic acids is 3.